The topological polar surface area (TPSA) is 112 Å². The number of piperidine rings is 1. The Kier molecular flexibility index (Phi) is 6.08. The summed E-state index contributed by atoms with van der Waals surface area (Å²) in [7, 11) is 0. The van der Waals surface area contributed by atoms with E-state index in [2.05, 4.69) is 21.3 Å². The number of hydrogen-bond donors (Lipinski definition) is 1. The van der Waals surface area contributed by atoms with E-state index < -0.39 is 4.92 Å². The summed E-state index contributed by atoms with van der Waals surface area (Å²) in [4.78, 5) is 30.3. The number of aromatic nitrogens is 1. The molecule has 0 bridgehead atoms. The summed E-state index contributed by atoms with van der Waals surface area (Å²) < 4.78 is 0. The third kappa shape index (κ3) is 4.57. The Bertz CT molecular complexity index is 1160. The zero-order chi connectivity index (χ0) is 22.5. The minimum Gasteiger partial charge on any atom is -0.377 e. The van der Waals surface area contributed by atoms with Crippen LogP contribution in [0.4, 0.5) is 17.2 Å². The number of carbonyl (C=O) groups excluding carboxylic acids is 1. The summed E-state index contributed by atoms with van der Waals surface area (Å²) in [5.41, 5.74) is 1.60. The molecule has 160 valence electrons. The van der Waals surface area contributed by atoms with Crippen LogP contribution in [0.5, 0.6) is 0 Å². The lowest BCUT2D eigenvalue weighted by Crippen LogP contribution is -2.39. The van der Waals surface area contributed by atoms with Crippen LogP contribution in [0.25, 0.3) is 0 Å². The molecule has 0 aliphatic carbocycles. The van der Waals surface area contributed by atoms with Crippen LogP contribution in [-0.2, 0) is 0 Å². The second kappa shape index (κ2) is 9.27. The fourth-order valence-electron chi connectivity index (χ4n) is 3.81. The number of nitrogens with zero attached hydrogens (tertiary/aromatic N) is 4. The molecule has 1 fully saturated rings. The van der Waals surface area contributed by atoms with E-state index in [1.165, 1.54) is 6.07 Å². The standard InChI is InChI=1S/C24H21N5O3/c25-15-17-6-9-23(26-16-17)28-12-10-20(11-13-28)27-21-8-7-19(14-22(21)29(31)32)24(30)18-4-2-1-3-5-18/h1-9,14,16,20,27H,10-13H2. The smallest absolute Gasteiger partial charge is 0.293 e. The van der Waals surface area contributed by atoms with Gasteiger partial charge in [0.25, 0.3) is 5.69 Å². The molecule has 1 N–H and O–H groups in total. The number of nitro groups is 1. The molecule has 8 heteroatoms. The van der Waals surface area contributed by atoms with E-state index in [4.69, 9.17) is 5.26 Å². The quantitative estimate of drug-likeness (QED) is 0.357. The van der Waals surface area contributed by atoms with Crippen molar-refractivity contribution in [2.24, 2.45) is 0 Å². The number of pyridine rings is 1. The zero-order valence-corrected chi connectivity index (χ0v) is 17.3. The van der Waals surface area contributed by atoms with Crippen LogP contribution >= 0.6 is 0 Å². The third-order valence-corrected chi connectivity index (χ3v) is 5.55. The molecular weight excluding hydrogens is 406 g/mol. The van der Waals surface area contributed by atoms with Crippen molar-refractivity contribution >= 4 is 23.0 Å². The maximum atomic E-state index is 12.7. The van der Waals surface area contributed by atoms with Crippen molar-refractivity contribution in [3.63, 3.8) is 0 Å². The lowest BCUT2D eigenvalue weighted by molar-refractivity contribution is -0.384. The van der Waals surface area contributed by atoms with E-state index >= 15 is 0 Å². The van der Waals surface area contributed by atoms with Gasteiger partial charge in [-0.2, -0.15) is 5.26 Å². The first-order chi connectivity index (χ1) is 15.5. The second-order valence-electron chi connectivity index (χ2n) is 7.61. The highest BCUT2D eigenvalue weighted by atomic mass is 16.6. The number of hydrogen-bond acceptors (Lipinski definition) is 7. The summed E-state index contributed by atoms with van der Waals surface area (Å²) in [6, 6.07) is 19.0. The number of nitriles is 1. The average molecular weight is 427 g/mol. The fourth-order valence-corrected chi connectivity index (χ4v) is 3.81. The summed E-state index contributed by atoms with van der Waals surface area (Å²) in [6.07, 6.45) is 3.12. The van der Waals surface area contributed by atoms with Gasteiger partial charge in [-0.25, -0.2) is 4.98 Å². The molecule has 1 aromatic heterocycles. The van der Waals surface area contributed by atoms with Gasteiger partial charge < -0.3 is 10.2 Å². The lowest BCUT2D eigenvalue weighted by Gasteiger charge is -2.33. The molecule has 2 heterocycles. The normalized spacial score (nSPS) is 13.9. The van der Waals surface area contributed by atoms with Crippen molar-refractivity contribution in [2.75, 3.05) is 23.3 Å². The van der Waals surface area contributed by atoms with Crippen molar-refractivity contribution in [2.45, 2.75) is 18.9 Å². The van der Waals surface area contributed by atoms with Gasteiger partial charge >= 0.3 is 0 Å². The molecule has 3 aromatic rings. The number of rotatable bonds is 6. The van der Waals surface area contributed by atoms with E-state index in [-0.39, 0.29) is 23.1 Å². The van der Waals surface area contributed by atoms with Gasteiger partial charge in [0, 0.05) is 42.5 Å². The number of nitro benzene ring substituents is 1. The van der Waals surface area contributed by atoms with Gasteiger partial charge in [-0.15, -0.1) is 0 Å². The van der Waals surface area contributed by atoms with Crippen LogP contribution in [0.1, 0.15) is 34.3 Å². The Hall–Kier alpha value is -4.25. The van der Waals surface area contributed by atoms with Gasteiger partial charge in [0.15, 0.2) is 5.78 Å². The van der Waals surface area contributed by atoms with E-state index in [1.807, 2.05) is 12.1 Å². The Morgan fingerprint density at radius 2 is 1.84 bits per heavy atom. The average Bonchev–Trinajstić information content (AvgIpc) is 2.85. The number of benzene rings is 2. The van der Waals surface area contributed by atoms with Gasteiger partial charge in [-0.05, 0) is 37.1 Å². The molecule has 1 aliphatic heterocycles. The Balaban J connectivity index is 1.44. The lowest BCUT2D eigenvalue weighted by atomic mass is 10.0. The fraction of sp³-hybridized carbons (Fsp3) is 0.208. The summed E-state index contributed by atoms with van der Waals surface area (Å²) >= 11 is 0. The van der Waals surface area contributed by atoms with E-state index in [0.29, 0.717) is 16.8 Å². The minimum absolute atomic E-state index is 0.0685. The van der Waals surface area contributed by atoms with Gasteiger partial charge in [0.2, 0.25) is 0 Å². The molecule has 0 amide bonds. The maximum absolute atomic E-state index is 12.7. The molecule has 0 saturated carbocycles. The van der Waals surface area contributed by atoms with Crippen LogP contribution < -0.4 is 10.2 Å². The zero-order valence-electron chi connectivity index (χ0n) is 17.3. The first-order valence-electron chi connectivity index (χ1n) is 10.3. The molecule has 0 radical (unpaired) electrons. The van der Waals surface area contributed by atoms with Gasteiger partial charge in [0.05, 0.1) is 10.5 Å². The predicted octanol–water partition coefficient (Wildman–Crippen LogP) is 4.17. The first-order valence-corrected chi connectivity index (χ1v) is 10.3. The van der Waals surface area contributed by atoms with Gasteiger partial charge in [0.1, 0.15) is 17.6 Å². The summed E-state index contributed by atoms with van der Waals surface area (Å²) in [6.45, 7) is 1.49. The number of ketones is 1. The molecule has 4 rings (SSSR count). The predicted molar refractivity (Wildman–Crippen MR) is 121 cm³/mol. The Morgan fingerprint density at radius 3 is 2.47 bits per heavy atom. The highest BCUT2D eigenvalue weighted by Crippen LogP contribution is 2.29. The molecule has 1 aliphatic rings. The molecule has 2 aromatic carbocycles. The Labute approximate surface area is 185 Å². The summed E-state index contributed by atoms with van der Waals surface area (Å²) in [5, 5.41) is 23.9. The minimum atomic E-state index is -0.458. The molecule has 0 atom stereocenters. The third-order valence-electron chi connectivity index (χ3n) is 5.55. The highest BCUT2D eigenvalue weighted by molar-refractivity contribution is 6.09. The molecule has 0 unspecified atom stereocenters. The molecule has 0 spiro atoms. The monoisotopic (exact) mass is 427 g/mol. The van der Waals surface area contributed by atoms with Crippen LogP contribution in [-0.4, -0.2) is 34.8 Å². The van der Waals surface area contributed by atoms with E-state index in [1.54, 1.807) is 48.7 Å². The highest BCUT2D eigenvalue weighted by Gasteiger charge is 2.24. The Morgan fingerprint density at radius 1 is 1.09 bits per heavy atom. The second-order valence-corrected chi connectivity index (χ2v) is 7.61. The number of anilines is 2. The van der Waals surface area contributed by atoms with Crippen molar-refractivity contribution < 1.29 is 9.72 Å². The van der Waals surface area contributed by atoms with Crippen molar-refractivity contribution in [3.8, 4) is 6.07 Å². The van der Waals surface area contributed by atoms with Crippen LogP contribution in [0.15, 0.2) is 66.9 Å². The maximum Gasteiger partial charge on any atom is 0.293 e. The SMILES string of the molecule is N#Cc1ccc(N2CCC(Nc3ccc(C(=O)c4ccccc4)cc3[N+](=O)[O-])CC2)nc1. The van der Waals surface area contributed by atoms with E-state index in [9.17, 15) is 14.9 Å². The number of nitrogens with one attached hydrogen (secondary N) is 1. The largest absolute Gasteiger partial charge is 0.377 e. The van der Waals surface area contributed by atoms with E-state index in [0.717, 1.165) is 31.7 Å². The number of carbonyl (C=O) groups is 1. The first kappa shape index (κ1) is 21.0. The molecular formula is C24H21N5O3. The van der Waals surface area contributed by atoms with Gasteiger partial charge in [-0.1, -0.05) is 30.3 Å². The summed E-state index contributed by atoms with van der Waals surface area (Å²) in [5.74, 6) is 0.570. The van der Waals surface area contributed by atoms with Crippen LogP contribution in [0.3, 0.4) is 0 Å². The van der Waals surface area contributed by atoms with Crippen LogP contribution in [0, 0.1) is 21.4 Å². The van der Waals surface area contributed by atoms with Crippen molar-refractivity contribution in [3.05, 3.63) is 93.7 Å². The molecule has 32 heavy (non-hydrogen) atoms. The molecule has 8 nitrogen and oxygen atoms in total. The van der Waals surface area contributed by atoms with Crippen molar-refractivity contribution in [1.82, 2.24) is 4.98 Å². The van der Waals surface area contributed by atoms with Gasteiger partial charge in [-0.3, -0.25) is 14.9 Å². The molecule has 1 saturated heterocycles. The van der Waals surface area contributed by atoms with Crippen LogP contribution in [0.2, 0.25) is 0 Å². The van der Waals surface area contributed by atoms with Crippen molar-refractivity contribution in [1.29, 1.82) is 5.26 Å².